The maximum atomic E-state index is 13.8. The van der Waals surface area contributed by atoms with E-state index in [9.17, 15) is 34.2 Å². The van der Waals surface area contributed by atoms with Crippen LogP contribution in [0.2, 0.25) is 0 Å². The van der Waals surface area contributed by atoms with Crippen molar-refractivity contribution >= 4 is 30.9 Å². The second-order valence-corrected chi connectivity index (χ2v) is 18.8. The zero-order valence-corrected chi connectivity index (χ0v) is 35.8. The van der Waals surface area contributed by atoms with E-state index < -0.39 is 57.6 Å². The summed E-state index contributed by atoms with van der Waals surface area (Å²) in [4.78, 5) is 75.4. The fourth-order valence-corrected chi connectivity index (χ4v) is 7.78. The SMILES string of the molecule is CC(C)(C)OC(=O)CN1CCN(CCC(C)(C)OC=O)CCC(C2CCC(C(=O)On3c(O)ccc3O)CC2)(N(CCC(C)(C)OC=O)CC(=O)OC(C)(C)C)C1. The monoisotopic (exact) mass is 808 g/mol. The molecular weight excluding hydrogens is 740 g/mol. The zero-order valence-electron chi connectivity index (χ0n) is 35.8. The third kappa shape index (κ3) is 15.1. The summed E-state index contributed by atoms with van der Waals surface area (Å²) < 4.78 is 23.2. The first kappa shape index (κ1) is 47.5. The van der Waals surface area contributed by atoms with Crippen molar-refractivity contribution < 1.29 is 58.0 Å². The summed E-state index contributed by atoms with van der Waals surface area (Å²) in [5, 5.41) is 20.2. The topological polar surface area (TPSA) is 187 Å². The average Bonchev–Trinajstić information content (AvgIpc) is 3.38. The molecule has 16 nitrogen and oxygen atoms in total. The molecule has 0 radical (unpaired) electrons. The van der Waals surface area contributed by atoms with Gasteiger partial charge in [0.1, 0.15) is 22.4 Å². The predicted octanol–water partition coefficient (Wildman–Crippen LogP) is 4.08. The highest BCUT2D eigenvalue weighted by molar-refractivity contribution is 5.73. The Hall–Kier alpha value is -3.89. The molecule has 1 saturated carbocycles. The Morgan fingerprint density at radius 3 is 1.84 bits per heavy atom. The third-order valence-electron chi connectivity index (χ3n) is 10.8. The van der Waals surface area contributed by atoms with Crippen molar-refractivity contribution in [3.05, 3.63) is 12.1 Å². The van der Waals surface area contributed by atoms with E-state index in [1.165, 1.54) is 12.1 Å². The van der Waals surface area contributed by atoms with E-state index in [1.54, 1.807) is 0 Å². The summed E-state index contributed by atoms with van der Waals surface area (Å²) in [6, 6.07) is 2.45. The van der Waals surface area contributed by atoms with Gasteiger partial charge < -0.3 is 38.9 Å². The van der Waals surface area contributed by atoms with Crippen LogP contribution in [0.3, 0.4) is 0 Å². The molecule has 1 saturated heterocycles. The van der Waals surface area contributed by atoms with Gasteiger partial charge in [-0.1, -0.05) is 0 Å². The van der Waals surface area contributed by atoms with Gasteiger partial charge in [-0.3, -0.25) is 29.0 Å². The lowest BCUT2D eigenvalue weighted by molar-refractivity contribution is -0.164. The smallest absolute Gasteiger partial charge is 0.336 e. The van der Waals surface area contributed by atoms with Crippen molar-refractivity contribution in [3.63, 3.8) is 0 Å². The van der Waals surface area contributed by atoms with Crippen molar-refractivity contribution in [3.8, 4) is 11.8 Å². The van der Waals surface area contributed by atoms with Crippen LogP contribution in [0, 0.1) is 11.8 Å². The van der Waals surface area contributed by atoms with Gasteiger partial charge in [-0.25, -0.2) is 4.79 Å². The van der Waals surface area contributed by atoms with E-state index in [4.69, 9.17) is 23.8 Å². The molecule has 1 aromatic heterocycles. The first-order valence-electron chi connectivity index (χ1n) is 20.1. The summed E-state index contributed by atoms with van der Waals surface area (Å²) in [5.74, 6) is -2.82. The van der Waals surface area contributed by atoms with Gasteiger partial charge in [0.2, 0.25) is 11.8 Å². The van der Waals surface area contributed by atoms with Crippen LogP contribution in [-0.2, 0) is 42.9 Å². The lowest BCUT2D eigenvalue weighted by Gasteiger charge is -2.54. The maximum Gasteiger partial charge on any atom is 0.336 e. The minimum Gasteiger partial charge on any atom is -0.492 e. The van der Waals surface area contributed by atoms with Crippen LogP contribution < -0.4 is 4.84 Å². The van der Waals surface area contributed by atoms with Crippen LogP contribution >= 0.6 is 0 Å². The zero-order chi connectivity index (χ0) is 42.8. The van der Waals surface area contributed by atoms with Crippen molar-refractivity contribution in [2.24, 2.45) is 11.8 Å². The van der Waals surface area contributed by atoms with Crippen LogP contribution in [0.4, 0.5) is 0 Å². The highest BCUT2D eigenvalue weighted by atomic mass is 16.7. The van der Waals surface area contributed by atoms with E-state index in [0.29, 0.717) is 102 Å². The maximum absolute atomic E-state index is 13.8. The molecule has 1 aromatic rings. The number of carbonyl (C=O) groups is 5. The van der Waals surface area contributed by atoms with Crippen LogP contribution in [0.15, 0.2) is 12.1 Å². The second-order valence-electron chi connectivity index (χ2n) is 18.8. The number of esters is 2. The van der Waals surface area contributed by atoms with Gasteiger partial charge in [0.05, 0.1) is 19.0 Å². The Balaban J connectivity index is 2.11. The molecule has 0 amide bonds. The van der Waals surface area contributed by atoms with E-state index >= 15 is 0 Å². The third-order valence-corrected chi connectivity index (χ3v) is 10.8. The molecule has 16 heteroatoms. The number of aromatic hydroxyl groups is 2. The van der Waals surface area contributed by atoms with Gasteiger partial charge in [-0.15, -0.1) is 4.73 Å². The summed E-state index contributed by atoms with van der Waals surface area (Å²) in [6.07, 6.45) is 3.49. The standard InChI is InChI=1S/C41H68N4O12/c1-37(2,3)55-34(50)25-43-24-23-42(20-17-39(7,8)53-28-46)21-19-41(27-43,44(22-18-40(9,10)54-29-47)26-35(51)56-38(4,5)6)31-13-11-30(12-14-31)36(52)57-45-32(48)15-16-33(45)49/h15-16,28-31,48-49H,11-14,17-27H2,1-10H3. The Bertz CT molecular complexity index is 1490. The first-order valence-corrected chi connectivity index (χ1v) is 20.1. The summed E-state index contributed by atoms with van der Waals surface area (Å²) in [6.45, 7) is 22.1. The molecule has 3 rings (SSSR count). The van der Waals surface area contributed by atoms with Crippen LogP contribution in [0.1, 0.15) is 114 Å². The largest absolute Gasteiger partial charge is 0.492 e. The quantitative estimate of drug-likeness (QED) is 0.123. The van der Waals surface area contributed by atoms with Gasteiger partial charge in [0.15, 0.2) is 0 Å². The molecule has 2 N–H and O–H groups in total. The number of hydrogen-bond donors (Lipinski definition) is 2. The number of ether oxygens (including phenoxy) is 4. The lowest BCUT2D eigenvalue weighted by atomic mass is 9.68. The molecular formula is C41H68N4O12. The van der Waals surface area contributed by atoms with E-state index in [1.807, 2.05) is 69.2 Å². The fourth-order valence-electron chi connectivity index (χ4n) is 7.78. The highest BCUT2D eigenvalue weighted by Gasteiger charge is 2.49. The summed E-state index contributed by atoms with van der Waals surface area (Å²) in [5.41, 5.74) is -3.80. The number of aromatic nitrogens is 1. The number of rotatable bonds is 18. The van der Waals surface area contributed by atoms with Crippen molar-refractivity contribution in [2.75, 3.05) is 52.4 Å². The van der Waals surface area contributed by atoms with Crippen LogP contribution in [0.25, 0.3) is 0 Å². The molecule has 2 fully saturated rings. The molecule has 1 atom stereocenters. The molecule has 1 aliphatic heterocycles. The normalized spacial score (nSPS) is 21.9. The van der Waals surface area contributed by atoms with E-state index in [-0.39, 0.29) is 25.0 Å². The molecule has 0 aromatic carbocycles. The van der Waals surface area contributed by atoms with E-state index in [0.717, 1.165) is 0 Å². The van der Waals surface area contributed by atoms with Gasteiger partial charge in [-0.05, 0) is 120 Å². The van der Waals surface area contributed by atoms with Crippen LogP contribution in [0.5, 0.6) is 11.8 Å². The molecule has 1 unspecified atom stereocenters. The molecule has 324 valence electrons. The molecule has 1 aliphatic carbocycles. The number of hydrogen-bond acceptors (Lipinski definition) is 15. The van der Waals surface area contributed by atoms with Gasteiger partial charge in [0, 0.05) is 56.9 Å². The van der Waals surface area contributed by atoms with E-state index in [2.05, 4.69) is 14.7 Å². The minimum absolute atomic E-state index is 0.00183. The Morgan fingerprint density at radius 1 is 0.772 bits per heavy atom. The number of nitrogens with zero attached hydrogens (tertiary/aromatic N) is 4. The second kappa shape index (κ2) is 19.7. The molecule has 0 spiro atoms. The lowest BCUT2D eigenvalue weighted by Crippen LogP contribution is -2.65. The van der Waals surface area contributed by atoms with Crippen LogP contribution in [-0.4, -0.2) is 141 Å². The van der Waals surface area contributed by atoms with Gasteiger partial charge in [0.25, 0.3) is 12.9 Å². The number of carbonyl (C=O) groups excluding carboxylic acids is 5. The predicted molar refractivity (Wildman–Crippen MR) is 210 cm³/mol. The van der Waals surface area contributed by atoms with Crippen molar-refractivity contribution in [1.29, 1.82) is 0 Å². The Kier molecular flexibility index (Phi) is 16.4. The first-order chi connectivity index (χ1) is 26.4. The Labute approximate surface area is 338 Å². The molecule has 0 bridgehead atoms. The summed E-state index contributed by atoms with van der Waals surface area (Å²) in [7, 11) is 0. The molecule has 2 heterocycles. The van der Waals surface area contributed by atoms with Crippen molar-refractivity contribution in [2.45, 2.75) is 142 Å². The highest BCUT2D eigenvalue weighted by Crippen LogP contribution is 2.43. The average molecular weight is 809 g/mol. The fraction of sp³-hybridized carbons (Fsp3) is 0.780. The molecule has 57 heavy (non-hydrogen) atoms. The van der Waals surface area contributed by atoms with Crippen molar-refractivity contribution in [1.82, 2.24) is 19.4 Å². The van der Waals surface area contributed by atoms with Gasteiger partial charge >= 0.3 is 17.9 Å². The molecule has 2 aliphatic rings. The Morgan fingerprint density at radius 2 is 1.30 bits per heavy atom. The van der Waals surface area contributed by atoms with Gasteiger partial charge in [-0.2, -0.15) is 0 Å². The minimum atomic E-state index is -0.861. The summed E-state index contributed by atoms with van der Waals surface area (Å²) >= 11 is 0.